The second-order valence-corrected chi connectivity index (χ2v) is 6.38. The Labute approximate surface area is 157 Å². The van der Waals surface area contributed by atoms with Gasteiger partial charge in [0.2, 0.25) is 0 Å². The maximum Gasteiger partial charge on any atom is 0.337 e. The van der Waals surface area contributed by atoms with E-state index in [2.05, 4.69) is 10.6 Å². The van der Waals surface area contributed by atoms with E-state index in [1.165, 1.54) is 14.2 Å². The van der Waals surface area contributed by atoms with Crippen LogP contribution in [0.3, 0.4) is 0 Å². The molecular formula is C18H23ClN2O5. The largest absolute Gasteiger partial charge is 0.493 e. The fraction of sp³-hybridized carbons (Fsp3) is 0.444. The van der Waals surface area contributed by atoms with Crippen molar-refractivity contribution in [2.45, 2.75) is 26.8 Å². The zero-order valence-corrected chi connectivity index (χ0v) is 16.2. The van der Waals surface area contributed by atoms with Crippen molar-refractivity contribution >= 4 is 23.6 Å². The molecule has 1 aromatic carbocycles. The summed E-state index contributed by atoms with van der Waals surface area (Å²) in [6.07, 6.45) is 0. The maximum atomic E-state index is 12.4. The predicted octanol–water partition coefficient (Wildman–Crippen LogP) is 3.18. The Morgan fingerprint density at radius 3 is 2.54 bits per heavy atom. The monoisotopic (exact) mass is 382 g/mol. The van der Waals surface area contributed by atoms with E-state index in [0.29, 0.717) is 40.0 Å². The van der Waals surface area contributed by atoms with E-state index >= 15 is 0 Å². The summed E-state index contributed by atoms with van der Waals surface area (Å²) in [5.41, 5.74) is 1.42. The van der Waals surface area contributed by atoms with E-state index in [-0.39, 0.29) is 5.92 Å². The highest BCUT2D eigenvalue weighted by atomic mass is 35.5. The van der Waals surface area contributed by atoms with Gasteiger partial charge in [0.25, 0.3) is 0 Å². The summed E-state index contributed by atoms with van der Waals surface area (Å²) in [7, 11) is 2.79. The molecule has 7 nitrogen and oxygen atoms in total. The summed E-state index contributed by atoms with van der Waals surface area (Å²) in [6.45, 7) is 6.02. The fourth-order valence-electron chi connectivity index (χ4n) is 2.82. The summed E-state index contributed by atoms with van der Waals surface area (Å²) < 4.78 is 15.8. The van der Waals surface area contributed by atoms with Crippen molar-refractivity contribution in [3.8, 4) is 11.5 Å². The highest BCUT2D eigenvalue weighted by Gasteiger charge is 2.35. The van der Waals surface area contributed by atoms with Gasteiger partial charge in [-0.25, -0.2) is 9.59 Å². The number of ether oxygens (including phenoxy) is 3. The van der Waals surface area contributed by atoms with Crippen LogP contribution in [-0.4, -0.2) is 32.8 Å². The predicted molar refractivity (Wildman–Crippen MR) is 97.5 cm³/mol. The molecule has 0 fully saturated rings. The van der Waals surface area contributed by atoms with Gasteiger partial charge >= 0.3 is 12.0 Å². The lowest BCUT2D eigenvalue weighted by molar-refractivity contribution is -0.136. The van der Waals surface area contributed by atoms with Crippen LogP contribution in [0, 0.1) is 5.92 Å². The number of carbonyl (C=O) groups excluding carboxylic acids is 2. The number of methoxy groups -OCH3 is 2. The van der Waals surface area contributed by atoms with Gasteiger partial charge in [-0.15, -0.1) is 0 Å². The maximum absolute atomic E-state index is 12.4. The zero-order valence-electron chi connectivity index (χ0n) is 15.4. The topological polar surface area (TPSA) is 85.9 Å². The molecule has 0 aromatic heterocycles. The third kappa shape index (κ3) is 3.88. The van der Waals surface area contributed by atoms with Crippen LogP contribution in [0.5, 0.6) is 11.5 Å². The molecule has 0 saturated heterocycles. The molecule has 1 atom stereocenters. The molecular weight excluding hydrogens is 360 g/mol. The van der Waals surface area contributed by atoms with Crippen molar-refractivity contribution < 1.29 is 23.8 Å². The van der Waals surface area contributed by atoms with E-state index in [4.69, 9.17) is 25.8 Å². The van der Waals surface area contributed by atoms with E-state index in [0.717, 1.165) is 0 Å². The molecule has 0 bridgehead atoms. The number of nitrogens with one attached hydrogen (secondary N) is 2. The van der Waals surface area contributed by atoms with Gasteiger partial charge in [0, 0.05) is 5.70 Å². The number of rotatable bonds is 6. The van der Waals surface area contributed by atoms with Crippen LogP contribution in [0.4, 0.5) is 4.79 Å². The Morgan fingerprint density at radius 2 is 2.00 bits per heavy atom. The number of halogens is 1. The third-order valence-corrected chi connectivity index (χ3v) is 4.24. The number of benzene rings is 1. The van der Waals surface area contributed by atoms with Gasteiger partial charge < -0.3 is 24.8 Å². The highest BCUT2D eigenvalue weighted by Crippen LogP contribution is 2.40. The summed E-state index contributed by atoms with van der Waals surface area (Å²) in [6, 6.07) is 2.20. The molecule has 1 aromatic rings. The molecule has 1 unspecified atom stereocenters. The lowest BCUT2D eigenvalue weighted by Gasteiger charge is -2.31. The van der Waals surface area contributed by atoms with Gasteiger partial charge in [-0.3, -0.25) is 0 Å². The Kier molecular flexibility index (Phi) is 6.37. The quantitative estimate of drug-likeness (QED) is 0.738. The van der Waals surface area contributed by atoms with Crippen LogP contribution >= 0.6 is 11.6 Å². The SMILES string of the molecule is CCOc1c(Cl)cc(C2NC(=O)NC(C(C)C)=C2C(=O)OC)cc1OC. The van der Waals surface area contributed by atoms with Crippen LogP contribution in [0.25, 0.3) is 0 Å². The first kappa shape index (κ1) is 19.9. The minimum Gasteiger partial charge on any atom is -0.493 e. The lowest BCUT2D eigenvalue weighted by Crippen LogP contribution is -2.47. The van der Waals surface area contributed by atoms with Crippen LogP contribution in [-0.2, 0) is 9.53 Å². The van der Waals surface area contributed by atoms with Crippen molar-refractivity contribution in [3.05, 3.63) is 34.0 Å². The molecule has 26 heavy (non-hydrogen) atoms. The number of amides is 2. The number of carbonyl (C=O) groups is 2. The van der Waals surface area contributed by atoms with Crippen molar-refractivity contribution in [2.24, 2.45) is 5.92 Å². The zero-order chi connectivity index (χ0) is 19.4. The molecule has 2 rings (SSSR count). The minimum atomic E-state index is -0.726. The summed E-state index contributed by atoms with van der Waals surface area (Å²) in [4.78, 5) is 24.6. The van der Waals surface area contributed by atoms with Crippen LogP contribution < -0.4 is 20.1 Å². The molecule has 142 valence electrons. The average molecular weight is 383 g/mol. The Hall–Kier alpha value is -2.41. The number of allylic oxidation sites excluding steroid dienone is 1. The second-order valence-electron chi connectivity index (χ2n) is 5.97. The first-order valence-electron chi connectivity index (χ1n) is 8.24. The van der Waals surface area contributed by atoms with Crippen molar-refractivity contribution in [2.75, 3.05) is 20.8 Å². The second kappa shape index (κ2) is 8.31. The molecule has 0 spiro atoms. The van der Waals surface area contributed by atoms with Crippen LogP contribution in [0.2, 0.25) is 5.02 Å². The fourth-order valence-corrected chi connectivity index (χ4v) is 3.09. The Bertz CT molecular complexity index is 745. The molecule has 8 heteroatoms. The van der Waals surface area contributed by atoms with E-state index < -0.39 is 18.0 Å². The van der Waals surface area contributed by atoms with Gasteiger partial charge in [-0.1, -0.05) is 25.4 Å². The van der Waals surface area contributed by atoms with Gasteiger partial charge in [-0.2, -0.15) is 0 Å². The standard InChI is InChI=1S/C18H23ClN2O5/c1-6-26-16-11(19)7-10(8-12(16)24-4)15-13(17(22)25-5)14(9(2)3)20-18(23)21-15/h7-9,15H,6H2,1-5H3,(H2,20,21,23). The summed E-state index contributed by atoms with van der Waals surface area (Å²) in [5.74, 6) is 0.207. The van der Waals surface area contributed by atoms with Crippen molar-refractivity contribution in [1.29, 1.82) is 0 Å². The van der Waals surface area contributed by atoms with E-state index in [1.807, 2.05) is 20.8 Å². The molecule has 0 aliphatic carbocycles. The number of hydrogen-bond acceptors (Lipinski definition) is 5. The normalized spacial score (nSPS) is 16.9. The smallest absolute Gasteiger partial charge is 0.337 e. The Morgan fingerprint density at radius 1 is 1.31 bits per heavy atom. The first-order valence-corrected chi connectivity index (χ1v) is 8.61. The molecule has 0 saturated carbocycles. The molecule has 2 amide bonds. The van der Waals surface area contributed by atoms with Gasteiger partial charge in [-0.05, 0) is 30.5 Å². The number of urea groups is 1. The molecule has 1 heterocycles. The average Bonchev–Trinajstić information content (AvgIpc) is 2.61. The Balaban J connectivity index is 2.63. The lowest BCUT2D eigenvalue weighted by atomic mass is 9.91. The number of esters is 1. The molecule has 1 aliphatic heterocycles. The van der Waals surface area contributed by atoms with Crippen LogP contribution in [0.1, 0.15) is 32.4 Å². The minimum absolute atomic E-state index is 0.0854. The van der Waals surface area contributed by atoms with E-state index in [9.17, 15) is 9.59 Å². The van der Waals surface area contributed by atoms with Crippen LogP contribution in [0.15, 0.2) is 23.4 Å². The van der Waals surface area contributed by atoms with Gasteiger partial charge in [0.15, 0.2) is 11.5 Å². The van der Waals surface area contributed by atoms with Gasteiger partial charge in [0.1, 0.15) is 0 Å². The molecule has 2 N–H and O–H groups in total. The van der Waals surface area contributed by atoms with Crippen molar-refractivity contribution in [1.82, 2.24) is 10.6 Å². The number of hydrogen-bond donors (Lipinski definition) is 2. The summed E-state index contributed by atoms with van der Waals surface area (Å²) in [5, 5.41) is 5.77. The van der Waals surface area contributed by atoms with Gasteiger partial charge in [0.05, 0.1) is 37.5 Å². The van der Waals surface area contributed by atoms with E-state index in [1.54, 1.807) is 12.1 Å². The third-order valence-electron chi connectivity index (χ3n) is 3.96. The van der Waals surface area contributed by atoms with Crippen molar-refractivity contribution in [3.63, 3.8) is 0 Å². The highest BCUT2D eigenvalue weighted by molar-refractivity contribution is 6.32. The molecule has 0 radical (unpaired) electrons. The first-order chi connectivity index (χ1) is 12.3. The summed E-state index contributed by atoms with van der Waals surface area (Å²) >= 11 is 6.34. The molecule has 1 aliphatic rings.